The van der Waals surface area contributed by atoms with E-state index < -0.39 is 12.2 Å². The van der Waals surface area contributed by atoms with Gasteiger partial charge in [0.1, 0.15) is 5.82 Å². The van der Waals surface area contributed by atoms with Crippen LogP contribution in [-0.2, 0) is 6.54 Å². The summed E-state index contributed by atoms with van der Waals surface area (Å²) in [5.74, 6) is 0.348. The van der Waals surface area contributed by atoms with Gasteiger partial charge in [-0.1, -0.05) is 12.1 Å². The summed E-state index contributed by atoms with van der Waals surface area (Å²) in [4.78, 5) is 26.6. The molecule has 1 aliphatic heterocycles. The lowest BCUT2D eigenvalue weighted by Gasteiger charge is -2.33. The van der Waals surface area contributed by atoms with Crippen LogP contribution in [-0.4, -0.2) is 37.8 Å². The lowest BCUT2D eigenvalue weighted by Crippen LogP contribution is -2.37. The highest BCUT2D eigenvalue weighted by Gasteiger charge is 2.24. The molecule has 33 heavy (non-hydrogen) atoms. The summed E-state index contributed by atoms with van der Waals surface area (Å²) in [5.41, 5.74) is 2.00. The van der Waals surface area contributed by atoms with Gasteiger partial charge in [-0.2, -0.15) is 5.10 Å². The molecule has 3 aromatic heterocycles. The van der Waals surface area contributed by atoms with Crippen LogP contribution < -0.4 is 10.5 Å². The van der Waals surface area contributed by atoms with E-state index in [-0.39, 0.29) is 11.5 Å². The second kappa shape index (κ2) is 9.01. The first-order valence-electron chi connectivity index (χ1n) is 10.9. The van der Waals surface area contributed by atoms with Gasteiger partial charge in [0.2, 0.25) is 0 Å². The zero-order chi connectivity index (χ0) is 22.8. The van der Waals surface area contributed by atoms with E-state index >= 15 is 0 Å². The van der Waals surface area contributed by atoms with Crippen LogP contribution in [0.1, 0.15) is 25.1 Å². The summed E-state index contributed by atoms with van der Waals surface area (Å²) >= 11 is 0. The molecule has 0 bridgehead atoms. The minimum atomic E-state index is -2.73. The molecule has 1 aromatic carbocycles. The molecule has 168 valence electrons. The van der Waals surface area contributed by atoms with Crippen LogP contribution in [0.5, 0.6) is 0 Å². The standard InChI is InChI=1S/C24H22F2N6O/c25-22(26)23-28-20-4-2-1-3-18(20)24(29-23)31-13-9-16(10-14-31)15-32-21(33)6-5-19(30-32)17-7-11-27-12-8-17/h1-8,11-12,16,22H,9-10,13-15H2. The number of nitrogens with zero attached hydrogens (tertiary/aromatic N) is 6. The van der Waals surface area contributed by atoms with Gasteiger partial charge in [0.25, 0.3) is 12.0 Å². The van der Waals surface area contributed by atoms with Crippen molar-refractivity contribution >= 4 is 16.7 Å². The fourth-order valence-electron chi connectivity index (χ4n) is 4.24. The van der Waals surface area contributed by atoms with Crippen molar-refractivity contribution in [2.24, 2.45) is 5.92 Å². The number of para-hydroxylation sites is 1. The Balaban J connectivity index is 1.33. The van der Waals surface area contributed by atoms with Crippen molar-refractivity contribution in [2.45, 2.75) is 25.8 Å². The Morgan fingerprint density at radius 2 is 1.73 bits per heavy atom. The number of pyridine rings is 1. The maximum absolute atomic E-state index is 13.4. The molecule has 0 atom stereocenters. The second-order valence-electron chi connectivity index (χ2n) is 8.13. The average Bonchev–Trinajstić information content (AvgIpc) is 2.85. The molecule has 0 saturated carbocycles. The molecule has 4 aromatic rings. The van der Waals surface area contributed by atoms with Gasteiger partial charge in [0, 0.05) is 49.0 Å². The molecule has 1 fully saturated rings. The Morgan fingerprint density at radius 3 is 2.48 bits per heavy atom. The molecule has 1 aliphatic rings. The van der Waals surface area contributed by atoms with Gasteiger partial charge in [-0.15, -0.1) is 0 Å². The molecule has 0 amide bonds. The molecule has 0 radical (unpaired) electrons. The van der Waals surface area contributed by atoms with Crippen molar-refractivity contribution in [3.8, 4) is 11.3 Å². The highest BCUT2D eigenvalue weighted by Crippen LogP contribution is 2.30. The van der Waals surface area contributed by atoms with Crippen molar-refractivity contribution in [1.82, 2.24) is 24.7 Å². The van der Waals surface area contributed by atoms with Gasteiger partial charge in [-0.05, 0) is 49.1 Å². The molecule has 0 N–H and O–H groups in total. The Kier molecular flexibility index (Phi) is 5.77. The maximum Gasteiger partial charge on any atom is 0.297 e. The quantitative estimate of drug-likeness (QED) is 0.458. The van der Waals surface area contributed by atoms with E-state index in [0.717, 1.165) is 29.5 Å². The number of piperidine rings is 1. The monoisotopic (exact) mass is 448 g/mol. The van der Waals surface area contributed by atoms with Gasteiger partial charge in [-0.3, -0.25) is 9.78 Å². The fraction of sp³-hybridized carbons (Fsp3) is 0.292. The number of fused-ring (bicyclic) bond motifs is 1. The van der Waals surface area contributed by atoms with Crippen molar-refractivity contribution < 1.29 is 8.78 Å². The highest BCUT2D eigenvalue weighted by atomic mass is 19.3. The van der Waals surface area contributed by atoms with E-state index in [0.29, 0.717) is 31.0 Å². The molecule has 0 spiro atoms. The Bertz CT molecular complexity index is 1320. The highest BCUT2D eigenvalue weighted by molar-refractivity contribution is 5.89. The minimum Gasteiger partial charge on any atom is -0.356 e. The zero-order valence-electron chi connectivity index (χ0n) is 17.8. The molecule has 7 nitrogen and oxygen atoms in total. The number of anilines is 1. The zero-order valence-corrected chi connectivity index (χ0v) is 17.8. The third-order valence-corrected chi connectivity index (χ3v) is 5.98. The van der Waals surface area contributed by atoms with Gasteiger partial charge in [0.05, 0.1) is 11.2 Å². The van der Waals surface area contributed by atoms with Crippen LogP contribution in [0, 0.1) is 5.92 Å². The predicted molar refractivity (Wildman–Crippen MR) is 121 cm³/mol. The molecular formula is C24H22F2N6O. The van der Waals surface area contributed by atoms with Crippen molar-refractivity contribution in [2.75, 3.05) is 18.0 Å². The van der Waals surface area contributed by atoms with Crippen molar-refractivity contribution in [1.29, 1.82) is 0 Å². The van der Waals surface area contributed by atoms with Crippen molar-refractivity contribution in [3.63, 3.8) is 0 Å². The third-order valence-electron chi connectivity index (χ3n) is 5.98. The van der Waals surface area contributed by atoms with Gasteiger partial charge in [0.15, 0.2) is 5.82 Å². The van der Waals surface area contributed by atoms with Crippen LogP contribution in [0.15, 0.2) is 65.7 Å². The normalized spacial score (nSPS) is 14.8. The summed E-state index contributed by atoms with van der Waals surface area (Å²) in [7, 11) is 0. The van der Waals surface area contributed by atoms with Crippen LogP contribution >= 0.6 is 0 Å². The summed E-state index contributed by atoms with van der Waals surface area (Å²) in [6, 6.07) is 14.2. The van der Waals surface area contributed by atoms with E-state index in [1.807, 2.05) is 29.2 Å². The number of alkyl halides is 2. The van der Waals surface area contributed by atoms with Crippen molar-refractivity contribution in [3.05, 3.63) is 77.1 Å². The summed E-state index contributed by atoms with van der Waals surface area (Å²) in [6.45, 7) is 1.83. The fourth-order valence-corrected chi connectivity index (χ4v) is 4.24. The number of benzene rings is 1. The first kappa shape index (κ1) is 21.1. The molecule has 5 rings (SSSR count). The molecule has 0 unspecified atom stereocenters. The van der Waals surface area contributed by atoms with Gasteiger partial charge in [-0.25, -0.2) is 23.4 Å². The van der Waals surface area contributed by atoms with E-state index in [2.05, 4.69) is 20.1 Å². The van der Waals surface area contributed by atoms with Gasteiger partial charge < -0.3 is 4.90 Å². The van der Waals surface area contributed by atoms with Gasteiger partial charge >= 0.3 is 0 Å². The number of halogens is 2. The van der Waals surface area contributed by atoms with E-state index in [1.165, 1.54) is 10.7 Å². The maximum atomic E-state index is 13.4. The van der Waals surface area contributed by atoms with Crippen LogP contribution in [0.2, 0.25) is 0 Å². The SMILES string of the molecule is O=c1ccc(-c2ccncc2)nn1CC1CCN(c2nc(C(F)F)nc3ccccc23)CC1. The lowest BCUT2D eigenvalue weighted by atomic mass is 9.96. The van der Waals surface area contributed by atoms with E-state index in [1.54, 1.807) is 30.6 Å². The minimum absolute atomic E-state index is 0.140. The Hall–Kier alpha value is -3.75. The molecule has 0 aliphatic carbocycles. The molecule has 1 saturated heterocycles. The summed E-state index contributed by atoms with van der Waals surface area (Å²) < 4.78 is 28.2. The van der Waals surface area contributed by atoms with E-state index in [9.17, 15) is 13.6 Å². The number of aromatic nitrogens is 5. The molecular weight excluding hydrogens is 426 g/mol. The van der Waals surface area contributed by atoms with Crippen LogP contribution in [0.4, 0.5) is 14.6 Å². The topological polar surface area (TPSA) is 76.8 Å². The molecule has 9 heteroatoms. The van der Waals surface area contributed by atoms with Crippen LogP contribution in [0.3, 0.4) is 0 Å². The predicted octanol–water partition coefficient (Wildman–Crippen LogP) is 4.10. The summed E-state index contributed by atoms with van der Waals surface area (Å²) in [6.07, 6.45) is 2.26. The first-order chi connectivity index (χ1) is 16.1. The number of hydrogen-bond donors (Lipinski definition) is 0. The second-order valence-corrected chi connectivity index (χ2v) is 8.13. The smallest absolute Gasteiger partial charge is 0.297 e. The molecule has 4 heterocycles. The number of rotatable bonds is 5. The lowest BCUT2D eigenvalue weighted by molar-refractivity contribution is 0.141. The van der Waals surface area contributed by atoms with Crippen LogP contribution in [0.25, 0.3) is 22.2 Å². The number of hydrogen-bond acceptors (Lipinski definition) is 6. The summed E-state index contributed by atoms with van der Waals surface area (Å²) in [5, 5.41) is 5.31. The largest absolute Gasteiger partial charge is 0.356 e. The third kappa shape index (κ3) is 4.44. The average molecular weight is 448 g/mol. The van der Waals surface area contributed by atoms with E-state index in [4.69, 9.17) is 0 Å². The Labute approximate surface area is 188 Å². The Morgan fingerprint density at radius 1 is 0.970 bits per heavy atom. The first-order valence-corrected chi connectivity index (χ1v) is 10.9.